The number of aryl methyl sites for hydroxylation is 1. The van der Waals surface area contributed by atoms with Crippen molar-refractivity contribution in [2.24, 2.45) is 0 Å². The minimum atomic E-state index is -0.0807. The van der Waals surface area contributed by atoms with Gasteiger partial charge in [0.2, 0.25) is 5.91 Å². The molecule has 0 saturated heterocycles. The number of likely N-dealkylation sites (N-methyl/N-ethyl adjacent to an activating group) is 1. The lowest BCUT2D eigenvalue weighted by Crippen LogP contribution is -2.25. The van der Waals surface area contributed by atoms with E-state index in [4.69, 9.17) is 4.74 Å². The third-order valence-electron chi connectivity index (χ3n) is 3.21. The van der Waals surface area contributed by atoms with Crippen LogP contribution in [0.4, 0.5) is 5.69 Å². The average molecular weight is 298 g/mol. The molecular weight excluding hydrogens is 276 g/mol. The number of hydrogen-bond donors (Lipinski definition) is 2. The van der Waals surface area contributed by atoms with Gasteiger partial charge in [-0.1, -0.05) is 42.5 Å². The molecule has 0 bridgehead atoms. The van der Waals surface area contributed by atoms with E-state index < -0.39 is 0 Å². The molecule has 4 nitrogen and oxygen atoms in total. The third-order valence-corrected chi connectivity index (χ3v) is 3.21. The Morgan fingerprint density at radius 2 is 1.77 bits per heavy atom. The van der Waals surface area contributed by atoms with Gasteiger partial charge in [0.15, 0.2) is 0 Å². The number of nitrogens with one attached hydrogen (secondary N) is 2. The van der Waals surface area contributed by atoms with Crippen LogP contribution >= 0.6 is 0 Å². The fraction of sp³-hybridized carbons (Fsp3) is 0.278. The molecule has 0 saturated carbocycles. The van der Waals surface area contributed by atoms with Crippen LogP contribution < -0.4 is 15.4 Å². The van der Waals surface area contributed by atoms with Gasteiger partial charge < -0.3 is 15.4 Å². The molecule has 0 aliphatic carbocycles. The van der Waals surface area contributed by atoms with Crippen molar-refractivity contribution in [1.29, 1.82) is 0 Å². The van der Waals surface area contributed by atoms with E-state index >= 15 is 0 Å². The minimum Gasteiger partial charge on any atom is -0.491 e. The fourth-order valence-electron chi connectivity index (χ4n) is 2.15. The van der Waals surface area contributed by atoms with Gasteiger partial charge in [-0.3, -0.25) is 4.79 Å². The maximum absolute atomic E-state index is 11.7. The van der Waals surface area contributed by atoms with Gasteiger partial charge in [0.25, 0.3) is 0 Å². The molecular formula is C18H22N2O2. The normalized spacial score (nSPS) is 10.2. The molecule has 22 heavy (non-hydrogen) atoms. The molecule has 116 valence electrons. The molecule has 2 rings (SSSR count). The molecule has 0 spiro atoms. The maximum atomic E-state index is 11.7. The van der Waals surface area contributed by atoms with Gasteiger partial charge in [-0.25, -0.2) is 0 Å². The highest BCUT2D eigenvalue weighted by Crippen LogP contribution is 2.23. The molecule has 2 aromatic carbocycles. The number of ether oxygens (including phenoxy) is 1. The highest BCUT2D eigenvalue weighted by atomic mass is 16.5. The zero-order chi connectivity index (χ0) is 15.6. The summed E-state index contributed by atoms with van der Waals surface area (Å²) >= 11 is 0. The number of benzene rings is 2. The Morgan fingerprint density at radius 1 is 1.05 bits per heavy atom. The maximum Gasteiger partial charge on any atom is 0.238 e. The van der Waals surface area contributed by atoms with Crippen molar-refractivity contribution in [2.45, 2.75) is 12.8 Å². The van der Waals surface area contributed by atoms with Crippen LogP contribution in [0.25, 0.3) is 0 Å². The van der Waals surface area contributed by atoms with Crippen LogP contribution in [0, 0.1) is 0 Å². The van der Waals surface area contributed by atoms with Crippen molar-refractivity contribution in [2.75, 3.05) is 25.5 Å². The summed E-state index contributed by atoms with van der Waals surface area (Å²) in [7, 11) is 1.74. The average Bonchev–Trinajstić information content (AvgIpc) is 2.54. The van der Waals surface area contributed by atoms with Gasteiger partial charge in [-0.2, -0.15) is 0 Å². The first-order valence-electron chi connectivity index (χ1n) is 7.50. The predicted molar refractivity (Wildman–Crippen MR) is 89.3 cm³/mol. The summed E-state index contributed by atoms with van der Waals surface area (Å²) in [5.74, 6) is 0.628. The second-order valence-corrected chi connectivity index (χ2v) is 5.01. The van der Waals surface area contributed by atoms with Crippen LogP contribution in [0.15, 0.2) is 54.6 Å². The molecule has 0 fully saturated rings. The molecule has 2 N–H and O–H groups in total. The van der Waals surface area contributed by atoms with Crippen molar-refractivity contribution in [3.8, 4) is 5.75 Å². The molecule has 0 heterocycles. The van der Waals surface area contributed by atoms with E-state index in [0.717, 1.165) is 12.8 Å². The van der Waals surface area contributed by atoms with E-state index in [9.17, 15) is 4.79 Å². The first-order chi connectivity index (χ1) is 10.8. The second-order valence-electron chi connectivity index (χ2n) is 5.01. The quantitative estimate of drug-likeness (QED) is 0.737. The van der Waals surface area contributed by atoms with E-state index in [1.807, 2.05) is 42.5 Å². The summed E-state index contributed by atoms with van der Waals surface area (Å²) in [6, 6.07) is 17.8. The summed E-state index contributed by atoms with van der Waals surface area (Å²) in [5.41, 5.74) is 2.02. The minimum absolute atomic E-state index is 0.0807. The summed E-state index contributed by atoms with van der Waals surface area (Å²) in [6.45, 7) is 0.899. The van der Waals surface area contributed by atoms with Gasteiger partial charge in [0, 0.05) is 0 Å². The lowest BCUT2D eigenvalue weighted by atomic mass is 10.1. The zero-order valence-corrected chi connectivity index (χ0v) is 12.8. The topological polar surface area (TPSA) is 50.4 Å². The Labute approximate surface area is 131 Å². The van der Waals surface area contributed by atoms with Crippen molar-refractivity contribution >= 4 is 11.6 Å². The van der Waals surface area contributed by atoms with E-state index in [1.54, 1.807) is 7.05 Å². The van der Waals surface area contributed by atoms with Crippen molar-refractivity contribution in [1.82, 2.24) is 5.32 Å². The monoisotopic (exact) mass is 298 g/mol. The second kappa shape index (κ2) is 8.85. The molecule has 0 atom stereocenters. The van der Waals surface area contributed by atoms with E-state index in [1.165, 1.54) is 5.56 Å². The van der Waals surface area contributed by atoms with Gasteiger partial charge in [-0.15, -0.1) is 0 Å². The SMILES string of the molecule is CNCC(=O)Nc1ccccc1OCCCc1ccccc1. The van der Waals surface area contributed by atoms with Crippen molar-refractivity contribution < 1.29 is 9.53 Å². The Morgan fingerprint density at radius 3 is 2.55 bits per heavy atom. The summed E-state index contributed by atoms with van der Waals surface area (Å²) in [6.07, 6.45) is 1.91. The molecule has 0 aliphatic rings. The third kappa shape index (κ3) is 5.22. The number of hydrogen-bond acceptors (Lipinski definition) is 3. The standard InChI is InChI=1S/C18H22N2O2/c1-19-14-18(21)20-16-11-5-6-12-17(16)22-13-7-10-15-8-3-2-4-9-15/h2-6,8-9,11-12,19H,7,10,13-14H2,1H3,(H,20,21). The molecule has 0 radical (unpaired) electrons. The highest BCUT2D eigenvalue weighted by Gasteiger charge is 2.06. The van der Waals surface area contributed by atoms with E-state index in [-0.39, 0.29) is 12.5 Å². The number of rotatable bonds is 8. The summed E-state index contributed by atoms with van der Waals surface area (Å²) in [5, 5.41) is 5.67. The predicted octanol–water partition coefficient (Wildman–Crippen LogP) is 2.86. The van der Waals surface area contributed by atoms with Crippen LogP contribution in [0.2, 0.25) is 0 Å². The molecule has 2 aromatic rings. The van der Waals surface area contributed by atoms with Gasteiger partial charge >= 0.3 is 0 Å². The number of para-hydroxylation sites is 2. The van der Waals surface area contributed by atoms with Crippen LogP contribution in [-0.2, 0) is 11.2 Å². The molecule has 4 heteroatoms. The fourth-order valence-corrected chi connectivity index (χ4v) is 2.15. The largest absolute Gasteiger partial charge is 0.491 e. The molecule has 0 unspecified atom stereocenters. The molecule has 0 aliphatic heterocycles. The van der Waals surface area contributed by atoms with Crippen LogP contribution in [0.1, 0.15) is 12.0 Å². The summed E-state index contributed by atoms with van der Waals surface area (Å²) in [4.78, 5) is 11.7. The first kappa shape index (κ1) is 16.0. The Hall–Kier alpha value is -2.33. The number of carbonyl (C=O) groups is 1. The van der Waals surface area contributed by atoms with Gasteiger partial charge in [-0.05, 0) is 37.6 Å². The van der Waals surface area contributed by atoms with Gasteiger partial charge in [0.05, 0.1) is 18.8 Å². The number of anilines is 1. The Bertz CT molecular complexity index is 585. The van der Waals surface area contributed by atoms with Gasteiger partial charge in [0.1, 0.15) is 5.75 Å². The smallest absolute Gasteiger partial charge is 0.238 e. The Balaban J connectivity index is 1.83. The lowest BCUT2D eigenvalue weighted by molar-refractivity contribution is -0.115. The molecule has 1 amide bonds. The van der Waals surface area contributed by atoms with Crippen LogP contribution in [0.3, 0.4) is 0 Å². The number of carbonyl (C=O) groups excluding carboxylic acids is 1. The zero-order valence-electron chi connectivity index (χ0n) is 12.8. The van der Waals surface area contributed by atoms with Crippen LogP contribution in [0.5, 0.6) is 5.75 Å². The number of amides is 1. The van der Waals surface area contributed by atoms with E-state index in [0.29, 0.717) is 18.0 Å². The lowest BCUT2D eigenvalue weighted by Gasteiger charge is -2.12. The van der Waals surface area contributed by atoms with E-state index in [2.05, 4.69) is 22.8 Å². The summed E-state index contributed by atoms with van der Waals surface area (Å²) < 4.78 is 5.80. The van der Waals surface area contributed by atoms with Crippen molar-refractivity contribution in [3.05, 3.63) is 60.2 Å². The van der Waals surface area contributed by atoms with Crippen LogP contribution in [-0.4, -0.2) is 26.1 Å². The Kier molecular flexibility index (Phi) is 6.45. The highest BCUT2D eigenvalue weighted by molar-refractivity contribution is 5.93. The molecule has 0 aromatic heterocycles. The first-order valence-corrected chi connectivity index (χ1v) is 7.50. The van der Waals surface area contributed by atoms with Crippen molar-refractivity contribution in [3.63, 3.8) is 0 Å².